The summed E-state index contributed by atoms with van der Waals surface area (Å²) in [7, 11) is 0. The third-order valence-corrected chi connectivity index (χ3v) is 3.06. The van der Waals surface area contributed by atoms with E-state index in [2.05, 4.69) is 41.6 Å². The second-order valence-electron chi connectivity index (χ2n) is 3.25. The van der Waals surface area contributed by atoms with Gasteiger partial charge < -0.3 is 0 Å². The maximum Gasteiger partial charge on any atom is 0.0972 e. The lowest BCUT2D eigenvalue weighted by Crippen LogP contribution is -1.87. The summed E-state index contributed by atoms with van der Waals surface area (Å²) in [6.45, 7) is 2.14. The molecule has 1 aromatic heterocycles. The Morgan fingerprint density at radius 3 is 2.64 bits per heavy atom. The average molecular weight is 203 g/mol. The lowest BCUT2D eigenvalue weighted by atomic mass is 10.2. The van der Waals surface area contributed by atoms with Crippen molar-refractivity contribution in [3.05, 3.63) is 52.0 Å². The highest BCUT2D eigenvalue weighted by Crippen LogP contribution is 2.14. The van der Waals surface area contributed by atoms with Crippen molar-refractivity contribution in [2.45, 2.75) is 19.8 Å². The van der Waals surface area contributed by atoms with Gasteiger partial charge in [-0.15, -0.1) is 11.3 Å². The predicted octanol–water partition coefficient (Wildman–Crippen LogP) is 3.30. The summed E-state index contributed by atoms with van der Waals surface area (Å²) >= 11 is 1.76. The molecule has 0 saturated heterocycles. The second-order valence-corrected chi connectivity index (χ2v) is 4.19. The summed E-state index contributed by atoms with van der Waals surface area (Å²) in [4.78, 5) is 4.54. The van der Waals surface area contributed by atoms with Crippen LogP contribution < -0.4 is 0 Å². The Labute approximate surface area is 88.4 Å². The first-order valence-electron chi connectivity index (χ1n) is 4.85. The van der Waals surface area contributed by atoms with Gasteiger partial charge in [0.2, 0.25) is 0 Å². The van der Waals surface area contributed by atoms with Crippen molar-refractivity contribution < 1.29 is 0 Å². The summed E-state index contributed by atoms with van der Waals surface area (Å²) in [6, 6.07) is 10.5. The molecule has 1 heterocycles. The standard InChI is InChI=1S/C12H13NS/c1-2-11-9-14-12(13-11)8-10-6-4-3-5-7-10/h3-7,9H,2,8H2,1H3. The summed E-state index contributed by atoms with van der Waals surface area (Å²) in [5.74, 6) is 0. The quantitative estimate of drug-likeness (QED) is 0.746. The van der Waals surface area contributed by atoms with Crippen molar-refractivity contribution >= 4 is 11.3 Å². The number of hydrogen-bond acceptors (Lipinski definition) is 2. The van der Waals surface area contributed by atoms with Gasteiger partial charge in [-0.1, -0.05) is 37.3 Å². The van der Waals surface area contributed by atoms with Crippen LogP contribution in [0.15, 0.2) is 35.7 Å². The summed E-state index contributed by atoms with van der Waals surface area (Å²) in [5, 5.41) is 3.37. The lowest BCUT2D eigenvalue weighted by molar-refractivity contribution is 1.02. The van der Waals surface area contributed by atoms with Gasteiger partial charge >= 0.3 is 0 Å². The fourth-order valence-electron chi connectivity index (χ4n) is 1.36. The number of benzene rings is 1. The van der Waals surface area contributed by atoms with Gasteiger partial charge in [-0.2, -0.15) is 0 Å². The summed E-state index contributed by atoms with van der Waals surface area (Å²) in [6.07, 6.45) is 2.00. The van der Waals surface area contributed by atoms with Crippen molar-refractivity contribution in [3.63, 3.8) is 0 Å². The number of nitrogens with zero attached hydrogens (tertiary/aromatic N) is 1. The molecule has 2 heteroatoms. The van der Waals surface area contributed by atoms with Crippen LogP contribution in [0.25, 0.3) is 0 Å². The minimum Gasteiger partial charge on any atom is -0.246 e. The first kappa shape index (κ1) is 9.41. The molecule has 2 aromatic rings. The highest BCUT2D eigenvalue weighted by atomic mass is 32.1. The Hall–Kier alpha value is -1.15. The Kier molecular flexibility index (Phi) is 2.94. The molecule has 1 nitrogen and oxygen atoms in total. The maximum atomic E-state index is 4.54. The van der Waals surface area contributed by atoms with Gasteiger partial charge in [0.15, 0.2) is 0 Å². The zero-order valence-corrected chi connectivity index (χ0v) is 9.05. The number of aromatic nitrogens is 1. The fourth-order valence-corrected chi connectivity index (χ4v) is 2.27. The van der Waals surface area contributed by atoms with E-state index in [9.17, 15) is 0 Å². The van der Waals surface area contributed by atoms with E-state index in [0.29, 0.717) is 0 Å². The van der Waals surface area contributed by atoms with Crippen LogP contribution in [0, 0.1) is 0 Å². The zero-order valence-electron chi connectivity index (χ0n) is 8.23. The Balaban J connectivity index is 2.11. The molecule has 0 radical (unpaired) electrons. The molecule has 1 aromatic carbocycles. The molecule has 0 bridgehead atoms. The molecule has 2 rings (SSSR count). The van der Waals surface area contributed by atoms with E-state index >= 15 is 0 Å². The number of rotatable bonds is 3. The first-order valence-corrected chi connectivity index (χ1v) is 5.73. The van der Waals surface area contributed by atoms with Crippen LogP contribution in [-0.2, 0) is 12.8 Å². The third kappa shape index (κ3) is 2.20. The van der Waals surface area contributed by atoms with Gasteiger partial charge in [0, 0.05) is 11.8 Å². The molecule has 14 heavy (non-hydrogen) atoms. The van der Waals surface area contributed by atoms with Gasteiger partial charge in [-0.3, -0.25) is 0 Å². The van der Waals surface area contributed by atoms with Crippen molar-refractivity contribution in [1.82, 2.24) is 4.98 Å². The van der Waals surface area contributed by atoms with Crippen LogP contribution in [-0.4, -0.2) is 4.98 Å². The smallest absolute Gasteiger partial charge is 0.0972 e. The molecule has 0 aliphatic heterocycles. The first-order chi connectivity index (χ1) is 6.88. The molecular weight excluding hydrogens is 190 g/mol. The van der Waals surface area contributed by atoms with E-state index < -0.39 is 0 Å². The molecule has 0 unspecified atom stereocenters. The molecule has 0 aliphatic rings. The highest BCUT2D eigenvalue weighted by molar-refractivity contribution is 7.09. The summed E-state index contributed by atoms with van der Waals surface area (Å²) in [5.41, 5.74) is 2.55. The van der Waals surface area contributed by atoms with Gasteiger partial charge in [0.05, 0.1) is 10.7 Å². The van der Waals surface area contributed by atoms with Crippen LogP contribution in [0.3, 0.4) is 0 Å². The van der Waals surface area contributed by atoms with Gasteiger partial charge in [-0.05, 0) is 12.0 Å². The largest absolute Gasteiger partial charge is 0.246 e. The minimum absolute atomic E-state index is 0.964. The average Bonchev–Trinajstić information content (AvgIpc) is 2.67. The molecule has 0 spiro atoms. The van der Waals surface area contributed by atoms with Gasteiger partial charge in [0.1, 0.15) is 0 Å². The van der Waals surface area contributed by atoms with Crippen LogP contribution in [0.1, 0.15) is 23.2 Å². The van der Waals surface area contributed by atoms with Crippen molar-refractivity contribution in [2.24, 2.45) is 0 Å². The molecular formula is C12H13NS. The van der Waals surface area contributed by atoms with Crippen molar-refractivity contribution in [3.8, 4) is 0 Å². The van der Waals surface area contributed by atoms with Crippen LogP contribution in [0.4, 0.5) is 0 Å². The monoisotopic (exact) mass is 203 g/mol. The fraction of sp³-hybridized carbons (Fsp3) is 0.250. The van der Waals surface area contributed by atoms with E-state index in [1.165, 1.54) is 16.3 Å². The van der Waals surface area contributed by atoms with Crippen LogP contribution in [0.2, 0.25) is 0 Å². The Morgan fingerprint density at radius 2 is 2.00 bits per heavy atom. The molecule has 0 fully saturated rings. The normalized spacial score (nSPS) is 10.4. The van der Waals surface area contributed by atoms with E-state index in [-0.39, 0.29) is 0 Å². The number of hydrogen-bond donors (Lipinski definition) is 0. The Morgan fingerprint density at radius 1 is 1.21 bits per heavy atom. The zero-order chi connectivity index (χ0) is 9.80. The summed E-state index contributed by atoms with van der Waals surface area (Å²) < 4.78 is 0. The van der Waals surface area contributed by atoms with Crippen molar-refractivity contribution in [2.75, 3.05) is 0 Å². The van der Waals surface area contributed by atoms with E-state index in [1.807, 2.05) is 6.07 Å². The minimum atomic E-state index is 0.964. The van der Waals surface area contributed by atoms with E-state index in [4.69, 9.17) is 0 Å². The third-order valence-electron chi connectivity index (χ3n) is 2.16. The van der Waals surface area contributed by atoms with E-state index in [0.717, 1.165) is 12.8 Å². The van der Waals surface area contributed by atoms with E-state index in [1.54, 1.807) is 11.3 Å². The molecule has 0 saturated carbocycles. The molecule has 72 valence electrons. The van der Waals surface area contributed by atoms with Crippen molar-refractivity contribution in [1.29, 1.82) is 0 Å². The highest BCUT2D eigenvalue weighted by Gasteiger charge is 2.00. The number of thiazole rings is 1. The van der Waals surface area contributed by atoms with Gasteiger partial charge in [-0.25, -0.2) is 4.98 Å². The van der Waals surface area contributed by atoms with Crippen LogP contribution in [0.5, 0.6) is 0 Å². The number of aryl methyl sites for hydroxylation is 1. The van der Waals surface area contributed by atoms with Gasteiger partial charge in [0.25, 0.3) is 0 Å². The lowest BCUT2D eigenvalue weighted by Gasteiger charge is -1.95. The maximum absolute atomic E-state index is 4.54. The molecule has 0 atom stereocenters. The Bertz CT molecular complexity index is 392. The topological polar surface area (TPSA) is 12.9 Å². The molecule has 0 amide bonds. The SMILES string of the molecule is CCc1csc(Cc2ccccc2)n1. The molecule has 0 N–H and O–H groups in total. The molecule has 0 aliphatic carbocycles. The van der Waals surface area contributed by atoms with Crippen LogP contribution >= 0.6 is 11.3 Å². The predicted molar refractivity (Wildman–Crippen MR) is 60.7 cm³/mol. The second kappa shape index (κ2) is 4.38.